The fourth-order valence-electron chi connectivity index (χ4n) is 2.99. The molecule has 4 N–H and O–H groups in total. The van der Waals surface area contributed by atoms with Gasteiger partial charge in [0.1, 0.15) is 6.17 Å². The number of primary sulfonamides is 1. The Hall–Kier alpha value is -3.11. The first-order valence-electron chi connectivity index (χ1n) is 8.18. The molecule has 3 heterocycles. The second kappa shape index (κ2) is 6.56. The molecule has 4 rings (SSSR count). The van der Waals surface area contributed by atoms with Crippen molar-refractivity contribution < 1.29 is 8.42 Å². The molecular weight excluding hydrogens is 366 g/mol. The van der Waals surface area contributed by atoms with Crippen LogP contribution in [-0.4, -0.2) is 24.6 Å². The first kappa shape index (κ1) is 17.3. The van der Waals surface area contributed by atoms with Gasteiger partial charge < -0.3 is 10.6 Å². The number of nitrogens with zero attached hydrogens (tertiary/aromatic N) is 4. The fraction of sp³-hybridized carbons (Fsp3) is 0.176. The monoisotopic (exact) mass is 383 g/mol. The molecule has 2 aromatic rings. The van der Waals surface area contributed by atoms with Crippen molar-refractivity contribution in [3.05, 3.63) is 60.2 Å². The van der Waals surface area contributed by atoms with E-state index in [2.05, 4.69) is 30.8 Å². The molecule has 1 aromatic carbocycles. The second-order valence-corrected chi connectivity index (χ2v) is 7.80. The van der Waals surface area contributed by atoms with Crippen molar-refractivity contribution >= 4 is 27.2 Å². The van der Waals surface area contributed by atoms with Gasteiger partial charge in [-0.25, -0.2) is 23.5 Å². The van der Waals surface area contributed by atoms with Crippen molar-refractivity contribution in [2.75, 3.05) is 5.32 Å². The maximum absolute atomic E-state index is 11.5. The predicted octanol–water partition coefficient (Wildman–Crippen LogP) is 2.04. The Morgan fingerprint density at radius 2 is 2.15 bits per heavy atom. The number of benzene rings is 1. The van der Waals surface area contributed by atoms with Crippen LogP contribution >= 0.6 is 0 Å². The van der Waals surface area contributed by atoms with E-state index in [4.69, 9.17) is 5.14 Å². The Bertz CT molecular complexity index is 1090. The molecule has 138 valence electrons. The third-order valence-electron chi connectivity index (χ3n) is 4.32. The van der Waals surface area contributed by atoms with Crippen molar-refractivity contribution in [3.8, 4) is 0 Å². The molecule has 2 aliphatic rings. The summed E-state index contributed by atoms with van der Waals surface area (Å²) < 4.78 is 23.1. The van der Waals surface area contributed by atoms with Crippen molar-refractivity contribution in [1.29, 1.82) is 0 Å². The van der Waals surface area contributed by atoms with E-state index in [1.807, 2.05) is 19.2 Å². The molecule has 0 bridgehead atoms. The third-order valence-corrected chi connectivity index (χ3v) is 5.23. The van der Waals surface area contributed by atoms with Crippen LogP contribution in [0.3, 0.4) is 0 Å². The molecule has 27 heavy (non-hydrogen) atoms. The fourth-order valence-corrected chi connectivity index (χ4v) is 3.55. The Morgan fingerprint density at radius 3 is 2.96 bits per heavy atom. The minimum absolute atomic E-state index is 0.0141. The van der Waals surface area contributed by atoms with Crippen LogP contribution in [-0.2, 0) is 10.0 Å². The van der Waals surface area contributed by atoms with Crippen molar-refractivity contribution in [2.24, 2.45) is 21.3 Å². The number of nitrogens with one attached hydrogen (secondary N) is 2. The summed E-state index contributed by atoms with van der Waals surface area (Å²) in [6.45, 7) is 1.93. The highest BCUT2D eigenvalue weighted by molar-refractivity contribution is 7.89. The molecule has 0 amide bonds. The number of rotatable bonds is 4. The van der Waals surface area contributed by atoms with E-state index in [0.717, 1.165) is 16.8 Å². The number of hydrogen-bond acceptors (Lipinski definition) is 8. The highest BCUT2D eigenvalue weighted by Crippen LogP contribution is 2.34. The maximum atomic E-state index is 11.5. The molecular formula is C17H17N7O2S. The van der Waals surface area contributed by atoms with Crippen LogP contribution in [0.1, 0.15) is 11.3 Å². The summed E-state index contributed by atoms with van der Waals surface area (Å²) in [6.07, 6.45) is 7.18. The van der Waals surface area contributed by atoms with Gasteiger partial charge in [0.15, 0.2) is 0 Å². The summed E-state index contributed by atoms with van der Waals surface area (Å²) in [5, 5.41) is 19.6. The molecule has 0 aliphatic carbocycles. The second-order valence-electron chi connectivity index (χ2n) is 6.23. The summed E-state index contributed by atoms with van der Waals surface area (Å²) in [6, 6.07) is 6.18. The third kappa shape index (κ3) is 3.44. The lowest BCUT2D eigenvalue weighted by Gasteiger charge is -2.21. The minimum atomic E-state index is -3.79. The molecule has 10 heteroatoms. The van der Waals surface area contributed by atoms with Crippen molar-refractivity contribution in [1.82, 2.24) is 15.3 Å². The van der Waals surface area contributed by atoms with E-state index in [9.17, 15) is 8.42 Å². The van der Waals surface area contributed by atoms with E-state index in [1.165, 1.54) is 12.1 Å². The SMILES string of the molecule is Cc1cnc(Nc2cccc(S(N)(=O)=O)c2)nc1C1=CN=NC2NC=CC12. The minimum Gasteiger partial charge on any atom is -0.368 e. The van der Waals surface area contributed by atoms with Gasteiger partial charge in [-0.05, 0) is 36.9 Å². The summed E-state index contributed by atoms with van der Waals surface area (Å²) >= 11 is 0. The highest BCUT2D eigenvalue weighted by Gasteiger charge is 2.30. The lowest BCUT2D eigenvalue weighted by molar-refractivity contribution is 0.545. The van der Waals surface area contributed by atoms with Gasteiger partial charge in [-0.3, -0.25) is 0 Å². The largest absolute Gasteiger partial charge is 0.368 e. The number of azo groups is 1. The molecule has 2 unspecified atom stereocenters. The number of aromatic nitrogens is 2. The first-order chi connectivity index (χ1) is 12.9. The molecule has 2 atom stereocenters. The summed E-state index contributed by atoms with van der Waals surface area (Å²) in [4.78, 5) is 8.91. The Kier molecular flexibility index (Phi) is 4.21. The van der Waals surface area contributed by atoms with Crippen LogP contribution in [0.4, 0.5) is 11.6 Å². The summed E-state index contributed by atoms with van der Waals surface area (Å²) in [5.74, 6) is 0.395. The maximum Gasteiger partial charge on any atom is 0.238 e. The number of anilines is 2. The predicted molar refractivity (Wildman–Crippen MR) is 100 cm³/mol. The lowest BCUT2D eigenvalue weighted by atomic mass is 9.93. The van der Waals surface area contributed by atoms with E-state index in [-0.39, 0.29) is 17.0 Å². The van der Waals surface area contributed by atoms with Crippen LogP contribution in [0.5, 0.6) is 0 Å². The van der Waals surface area contributed by atoms with Crippen molar-refractivity contribution in [3.63, 3.8) is 0 Å². The van der Waals surface area contributed by atoms with Gasteiger partial charge in [0.05, 0.1) is 16.8 Å². The highest BCUT2D eigenvalue weighted by atomic mass is 32.2. The zero-order chi connectivity index (χ0) is 19.0. The smallest absolute Gasteiger partial charge is 0.238 e. The number of hydrogen-bond donors (Lipinski definition) is 3. The Labute approximate surface area is 156 Å². The average molecular weight is 383 g/mol. The van der Waals surface area contributed by atoms with Gasteiger partial charge >= 0.3 is 0 Å². The first-order valence-corrected chi connectivity index (χ1v) is 9.73. The number of aryl methyl sites for hydroxylation is 1. The summed E-state index contributed by atoms with van der Waals surface area (Å²) in [5.41, 5.74) is 3.13. The van der Waals surface area contributed by atoms with Crippen LogP contribution in [0.25, 0.3) is 5.57 Å². The molecule has 1 aromatic heterocycles. The van der Waals surface area contributed by atoms with Crippen LogP contribution in [0, 0.1) is 12.8 Å². The van der Waals surface area contributed by atoms with Crippen molar-refractivity contribution in [2.45, 2.75) is 18.0 Å². The van der Waals surface area contributed by atoms with E-state index in [0.29, 0.717) is 11.6 Å². The normalized spacial score (nSPS) is 20.7. The van der Waals surface area contributed by atoms with Crippen LogP contribution in [0.15, 0.2) is 64.1 Å². The molecule has 0 saturated carbocycles. The number of nitrogens with two attached hydrogens (primary N) is 1. The topological polar surface area (TPSA) is 135 Å². The number of sulfonamides is 1. The molecule has 0 fully saturated rings. The quantitative estimate of drug-likeness (QED) is 0.739. The van der Waals surface area contributed by atoms with Gasteiger partial charge in [0.25, 0.3) is 0 Å². The zero-order valence-electron chi connectivity index (χ0n) is 14.4. The van der Waals surface area contributed by atoms with Crippen LogP contribution < -0.4 is 15.8 Å². The van der Waals surface area contributed by atoms with E-state index in [1.54, 1.807) is 24.5 Å². The molecule has 0 radical (unpaired) electrons. The number of fused-ring (bicyclic) bond motifs is 1. The Balaban J connectivity index is 1.67. The standard InChI is InChI=1S/C17H17N7O2S/c1-10-8-20-17(22-11-3-2-4-12(7-11)27(18,25)26)23-15(10)14-9-21-24-16-13(14)5-6-19-16/h2-9,13,16,19H,1H3,(H2,18,25,26)(H,20,22,23). The molecule has 0 spiro atoms. The average Bonchev–Trinajstić information content (AvgIpc) is 3.12. The Morgan fingerprint density at radius 1 is 1.30 bits per heavy atom. The molecule has 0 saturated heterocycles. The van der Waals surface area contributed by atoms with Gasteiger partial charge in [0, 0.05) is 23.4 Å². The lowest BCUT2D eigenvalue weighted by Crippen LogP contribution is -2.26. The van der Waals surface area contributed by atoms with E-state index < -0.39 is 10.0 Å². The van der Waals surface area contributed by atoms with Gasteiger partial charge in [-0.15, -0.1) is 0 Å². The van der Waals surface area contributed by atoms with Gasteiger partial charge in [-0.2, -0.15) is 10.2 Å². The molecule has 2 aliphatic heterocycles. The van der Waals surface area contributed by atoms with Crippen LogP contribution in [0.2, 0.25) is 0 Å². The summed E-state index contributed by atoms with van der Waals surface area (Å²) in [7, 11) is -3.79. The van der Waals surface area contributed by atoms with Gasteiger partial charge in [0.2, 0.25) is 16.0 Å². The van der Waals surface area contributed by atoms with Gasteiger partial charge in [-0.1, -0.05) is 12.1 Å². The zero-order valence-corrected chi connectivity index (χ0v) is 15.2. The van der Waals surface area contributed by atoms with E-state index >= 15 is 0 Å². The molecule has 9 nitrogen and oxygen atoms in total.